The number of aliphatic hydroxyl groups excluding tert-OH is 1. The summed E-state index contributed by atoms with van der Waals surface area (Å²) < 4.78 is 5.68. The molecule has 3 rings (SSSR count). The van der Waals surface area contributed by atoms with Gasteiger partial charge in [0.2, 0.25) is 0 Å². The van der Waals surface area contributed by atoms with E-state index in [1.807, 2.05) is 54.6 Å². The molecule has 0 radical (unpaired) electrons. The van der Waals surface area contributed by atoms with E-state index in [0.717, 1.165) is 16.5 Å². The maximum absolute atomic E-state index is 10.2. The van der Waals surface area contributed by atoms with Crippen LogP contribution in [0.15, 0.2) is 66.7 Å². The molecule has 3 heteroatoms. The zero-order chi connectivity index (χ0) is 14.7. The average molecular weight is 279 g/mol. The van der Waals surface area contributed by atoms with E-state index in [1.54, 1.807) is 6.07 Å². The Hall–Kier alpha value is -2.52. The summed E-state index contributed by atoms with van der Waals surface area (Å²) in [6, 6.07) is 21.2. The zero-order valence-corrected chi connectivity index (χ0v) is 11.6. The van der Waals surface area contributed by atoms with Crippen LogP contribution in [0.4, 0.5) is 5.69 Å². The van der Waals surface area contributed by atoms with Gasteiger partial charge in [-0.1, -0.05) is 48.5 Å². The van der Waals surface area contributed by atoms with Crippen LogP contribution in [-0.2, 0) is 0 Å². The Morgan fingerprint density at radius 3 is 2.43 bits per heavy atom. The molecule has 3 nitrogen and oxygen atoms in total. The minimum atomic E-state index is -0.738. The molecule has 0 bridgehead atoms. The van der Waals surface area contributed by atoms with Crippen molar-refractivity contribution in [3.63, 3.8) is 0 Å². The predicted molar refractivity (Wildman–Crippen MR) is 85.3 cm³/mol. The van der Waals surface area contributed by atoms with Gasteiger partial charge >= 0.3 is 0 Å². The summed E-state index contributed by atoms with van der Waals surface area (Å²) >= 11 is 0. The van der Waals surface area contributed by atoms with Gasteiger partial charge in [0.1, 0.15) is 18.5 Å². The van der Waals surface area contributed by atoms with Crippen molar-refractivity contribution in [3.05, 3.63) is 72.3 Å². The van der Waals surface area contributed by atoms with Crippen molar-refractivity contribution in [1.29, 1.82) is 0 Å². The number of fused-ring (bicyclic) bond motifs is 1. The fourth-order valence-electron chi connectivity index (χ4n) is 2.34. The van der Waals surface area contributed by atoms with Crippen LogP contribution in [0.5, 0.6) is 5.75 Å². The number of nitrogen functional groups attached to an aromatic ring is 1. The molecule has 0 aromatic heterocycles. The molecular formula is C18H17NO2. The Bertz CT molecular complexity index is 755. The lowest BCUT2D eigenvalue weighted by molar-refractivity contribution is 0.109. The Labute approximate surface area is 123 Å². The topological polar surface area (TPSA) is 55.5 Å². The fraction of sp³-hybridized carbons (Fsp3) is 0.111. The van der Waals surface area contributed by atoms with Gasteiger partial charge < -0.3 is 15.6 Å². The maximum atomic E-state index is 10.2. The van der Waals surface area contributed by atoms with E-state index in [-0.39, 0.29) is 6.61 Å². The molecule has 3 aromatic carbocycles. The van der Waals surface area contributed by atoms with Gasteiger partial charge in [0.25, 0.3) is 0 Å². The van der Waals surface area contributed by atoms with Crippen LogP contribution in [0.1, 0.15) is 11.7 Å². The molecule has 0 saturated carbocycles. The number of benzene rings is 3. The molecule has 0 aliphatic rings. The molecule has 0 amide bonds. The first-order valence-electron chi connectivity index (χ1n) is 6.88. The van der Waals surface area contributed by atoms with Gasteiger partial charge in [0.15, 0.2) is 0 Å². The van der Waals surface area contributed by atoms with Gasteiger partial charge in [0.05, 0.1) is 0 Å². The minimum Gasteiger partial charge on any atom is -0.491 e. The highest BCUT2D eigenvalue weighted by Gasteiger charge is 2.11. The van der Waals surface area contributed by atoms with E-state index in [9.17, 15) is 5.11 Å². The number of rotatable bonds is 4. The summed E-state index contributed by atoms with van der Waals surface area (Å²) in [6.07, 6.45) is -0.738. The Balaban J connectivity index is 1.73. The predicted octanol–water partition coefficient (Wildman–Crippen LogP) is 3.53. The summed E-state index contributed by atoms with van der Waals surface area (Å²) in [5, 5.41) is 12.5. The number of ether oxygens (including phenoxy) is 1. The molecule has 21 heavy (non-hydrogen) atoms. The highest BCUT2D eigenvalue weighted by atomic mass is 16.5. The third-order valence-electron chi connectivity index (χ3n) is 3.48. The van der Waals surface area contributed by atoms with E-state index in [2.05, 4.69) is 6.07 Å². The van der Waals surface area contributed by atoms with Crippen molar-refractivity contribution in [2.24, 2.45) is 0 Å². The normalized spacial score (nSPS) is 12.2. The summed E-state index contributed by atoms with van der Waals surface area (Å²) in [4.78, 5) is 0. The van der Waals surface area contributed by atoms with Gasteiger partial charge in [0, 0.05) is 11.3 Å². The number of nitrogens with two attached hydrogens (primary N) is 1. The van der Waals surface area contributed by atoms with E-state index >= 15 is 0 Å². The van der Waals surface area contributed by atoms with E-state index < -0.39 is 6.10 Å². The first-order chi connectivity index (χ1) is 10.2. The third kappa shape index (κ3) is 2.98. The first kappa shape index (κ1) is 13.5. The molecule has 106 valence electrons. The van der Waals surface area contributed by atoms with E-state index in [4.69, 9.17) is 10.5 Å². The molecule has 3 N–H and O–H groups in total. The third-order valence-corrected chi connectivity index (χ3v) is 3.48. The van der Waals surface area contributed by atoms with Crippen LogP contribution >= 0.6 is 0 Å². The SMILES string of the molecule is Nc1ccccc1C(O)COc1ccc2ccccc2c1. The van der Waals surface area contributed by atoms with Crippen LogP contribution in [0.3, 0.4) is 0 Å². The monoisotopic (exact) mass is 279 g/mol. The number of hydrogen-bond donors (Lipinski definition) is 2. The molecule has 1 atom stereocenters. The van der Waals surface area contributed by atoms with Crippen LogP contribution in [-0.4, -0.2) is 11.7 Å². The molecule has 0 aliphatic heterocycles. The second kappa shape index (κ2) is 5.85. The lowest BCUT2D eigenvalue weighted by atomic mass is 10.1. The quantitative estimate of drug-likeness (QED) is 0.718. The number of aliphatic hydroxyl groups is 1. The minimum absolute atomic E-state index is 0.173. The highest BCUT2D eigenvalue weighted by molar-refractivity contribution is 5.83. The molecule has 0 spiro atoms. The molecule has 0 aliphatic carbocycles. The molecule has 3 aromatic rings. The van der Waals surface area contributed by atoms with Gasteiger partial charge in [-0.25, -0.2) is 0 Å². The number of anilines is 1. The van der Waals surface area contributed by atoms with Gasteiger partial charge in [-0.3, -0.25) is 0 Å². The smallest absolute Gasteiger partial charge is 0.120 e. The lowest BCUT2D eigenvalue weighted by Gasteiger charge is -2.14. The Kier molecular flexibility index (Phi) is 3.75. The standard InChI is InChI=1S/C18H17NO2/c19-17-8-4-3-7-16(17)18(20)12-21-15-10-9-13-5-1-2-6-14(13)11-15/h1-11,18,20H,12,19H2. The Morgan fingerprint density at radius 2 is 1.62 bits per heavy atom. The highest BCUT2D eigenvalue weighted by Crippen LogP contribution is 2.24. The fourth-order valence-corrected chi connectivity index (χ4v) is 2.34. The summed E-state index contributed by atoms with van der Waals surface area (Å²) in [6.45, 7) is 0.173. The average Bonchev–Trinajstić information content (AvgIpc) is 2.53. The van der Waals surface area contributed by atoms with Crippen LogP contribution < -0.4 is 10.5 Å². The first-order valence-corrected chi connectivity index (χ1v) is 6.88. The molecule has 0 fully saturated rings. The maximum Gasteiger partial charge on any atom is 0.120 e. The molecule has 0 saturated heterocycles. The van der Waals surface area contributed by atoms with Crippen LogP contribution in [0.25, 0.3) is 10.8 Å². The Morgan fingerprint density at radius 1 is 0.905 bits per heavy atom. The van der Waals surface area contributed by atoms with Crippen molar-refractivity contribution in [3.8, 4) is 5.75 Å². The second-order valence-electron chi connectivity index (χ2n) is 4.96. The summed E-state index contributed by atoms with van der Waals surface area (Å²) in [5.74, 6) is 0.738. The number of para-hydroxylation sites is 1. The summed E-state index contributed by atoms with van der Waals surface area (Å²) in [7, 11) is 0. The van der Waals surface area contributed by atoms with E-state index in [1.165, 1.54) is 0 Å². The van der Waals surface area contributed by atoms with Crippen LogP contribution in [0.2, 0.25) is 0 Å². The van der Waals surface area contributed by atoms with Crippen molar-refractivity contribution < 1.29 is 9.84 Å². The van der Waals surface area contributed by atoms with Gasteiger partial charge in [-0.05, 0) is 29.0 Å². The zero-order valence-electron chi connectivity index (χ0n) is 11.6. The van der Waals surface area contributed by atoms with Crippen LogP contribution in [0, 0.1) is 0 Å². The van der Waals surface area contributed by atoms with Crippen molar-refractivity contribution in [2.45, 2.75) is 6.10 Å². The summed E-state index contributed by atoms with van der Waals surface area (Å²) in [5.41, 5.74) is 7.12. The molecule has 1 unspecified atom stereocenters. The lowest BCUT2D eigenvalue weighted by Crippen LogP contribution is -2.11. The molecule has 0 heterocycles. The molecular weight excluding hydrogens is 262 g/mol. The van der Waals surface area contributed by atoms with Crippen molar-refractivity contribution in [2.75, 3.05) is 12.3 Å². The largest absolute Gasteiger partial charge is 0.491 e. The van der Waals surface area contributed by atoms with Crippen molar-refractivity contribution >= 4 is 16.5 Å². The van der Waals surface area contributed by atoms with Gasteiger partial charge in [-0.2, -0.15) is 0 Å². The van der Waals surface area contributed by atoms with E-state index in [0.29, 0.717) is 11.3 Å². The van der Waals surface area contributed by atoms with Gasteiger partial charge in [-0.15, -0.1) is 0 Å². The number of hydrogen-bond acceptors (Lipinski definition) is 3. The van der Waals surface area contributed by atoms with Crippen molar-refractivity contribution in [1.82, 2.24) is 0 Å². The second-order valence-corrected chi connectivity index (χ2v) is 4.96.